The number of nitrogens with one attached hydrogen (secondary N) is 1. The van der Waals surface area contributed by atoms with Crippen molar-refractivity contribution in [2.24, 2.45) is 5.10 Å². The first-order valence-electron chi connectivity index (χ1n) is 10.1. The van der Waals surface area contributed by atoms with E-state index in [1.807, 2.05) is 47.9 Å². The first-order chi connectivity index (χ1) is 16.4. The Morgan fingerprint density at radius 2 is 1.44 bits per heavy atom. The molecule has 0 radical (unpaired) electrons. The van der Waals surface area contributed by atoms with E-state index in [0.717, 1.165) is 16.8 Å². The minimum absolute atomic E-state index is 0.101. The third-order valence-corrected chi connectivity index (χ3v) is 6.45. The Labute approximate surface area is 215 Å². The third kappa shape index (κ3) is 5.98. The van der Waals surface area contributed by atoms with E-state index in [1.54, 1.807) is 36.4 Å². The van der Waals surface area contributed by atoms with Gasteiger partial charge < -0.3 is 0 Å². The van der Waals surface area contributed by atoms with E-state index >= 15 is 0 Å². The predicted octanol–water partition coefficient (Wildman–Crippen LogP) is 6.53. The molecule has 172 valence electrons. The standard InChI is InChI=1S/C24H18Cl3N5OS/c1-15(16-2-6-18(25)7-3-16)28-29-22(33)14-34-24-31-30-23(17-4-8-19(26)9-5-17)32(24)21-12-10-20(27)11-13-21/h2-13H,14H2,1H3,(H,29,33)/b28-15+. The van der Waals surface area contributed by atoms with Crippen molar-refractivity contribution >= 4 is 58.2 Å². The molecule has 0 saturated carbocycles. The van der Waals surface area contributed by atoms with Crippen LogP contribution in [0.4, 0.5) is 0 Å². The summed E-state index contributed by atoms with van der Waals surface area (Å²) in [5.74, 6) is 0.458. The normalized spacial score (nSPS) is 11.5. The summed E-state index contributed by atoms with van der Waals surface area (Å²) in [6.07, 6.45) is 0. The number of benzene rings is 3. The number of thioether (sulfide) groups is 1. The van der Waals surface area contributed by atoms with Gasteiger partial charge in [-0.15, -0.1) is 10.2 Å². The summed E-state index contributed by atoms with van der Waals surface area (Å²) >= 11 is 19.3. The van der Waals surface area contributed by atoms with Gasteiger partial charge in [0.1, 0.15) is 0 Å². The lowest BCUT2D eigenvalue weighted by atomic mass is 10.1. The highest BCUT2D eigenvalue weighted by molar-refractivity contribution is 7.99. The highest BCUT2D eigenvalue weighted by Crippen LogP contribution is 2.29. The number of hydrogen-bond donors (Lipinski definition) is 1. The molecule has 0 bridgehead atoms. The molecule has 34 heavy (non-hydrogen) atoms. The van der Waals surface area contributed by atoms with Gasteiger partial charge in [-0.2, -0.15) is 5.10 Å². The van der Waals surface area contributed by atoms with Gasteiger partial charge in [-0.25, -0.2) is 5.43 Å². The van der Waals surface area contributed by atoms with E-state index in [4.69, 9.17) is 34.8 Å². The van der Waals surface area contributed by atoms with Crippen molar-refractivity contribution in [1.29, 1.82) is 0 Å². The first-order valence-corrected chi connectivity index (χ1v) is 12.2. The first kappa shape index (κ1) is 24.3. The van der Waals surface area contributed by atoms with Gasteiger partial charge in [-0.1, -0.05) is 58.7 Å². The lowest BCUT2D eigenvalue weighted by molar-refractivity contribution is -0.118. The Kier molecular flexibility index (Phi) is 7.90. The maximum atomic E-state index is 12.5. The van der Waals surface area contributed by atoms with Crippen molar-refractivity contribution in [3.8, 4) is 17.1 Å². The Morgan fingerprint density at radius 1 is 0.882 bits per heavy atom. The monoisotopic (exact) mass is 529 g/mol. The van der Waals surface area contributed by atoms with Crippen molar-refractivity contribution in [2.75, 3.05) is 5.75 Å². The van der Waals surface area contributed by atoms with Gasteiger partial charge in [0.2, 0.25) is 0 Å². The number of carbonyl (C=O) groups excluding carboxylic acids is 1. The molecule has 1 heterocycles. The van der Waals surface area contributed by atoms with Crippen LogP contribution in [0.1, 0.15) is 12.5 Å². The number of halogens is 3. The van der Waals surface area contributed by atoms with Crippen molar-refractivity contribution in [3.05, 3.63) is 93.4 Å². The second-order valence-electron chi connectivity index (χ2n) is 7.15. The number of aromatic nitrogens is 3. The summed E-state index contributed by atoms with van der Waals surface area (Å²) < 4.78 is 1.87. The van der Waals surface area contributed by atoms with Crippen molar-refractivity contribution in [2.45, 2.75) is 12.1 Å². The molecule has 1 N–H and O–H groups in total. The molecule has 0 aliphatic rings. The molecule has 10 heteroatoms. The molecule has 0 fully saturated rings. The number of carbonyl (C=O) groups is 1. The number of nitrogens with zero attached hydrogens (tertiary/aromatic N) is 4. The van der Waals surface area contributed by atoms with Crippen molar-refractivity contribution < 1.29 is 4.79 Å². The van der Waals surface area contributed by atoms with Crippen LogP contribution in [0.2, 0.25) is 15.1 Å². The van der Waals surface area contributed by atoms with Gasteiger partial charge in [-0.05, 0) is 73.2 Å². The minimum atomic E-state index is -0.267. The van der Waals surface area contributed by atoms with Gasteiger partial charge >= 0.3 is 0 Å². The highest BCUT2D eigenvalue weighted by atomic mass is 35.5. The zero-order chi connectivity index (χ0) is 24.1. The van der Waals surface area contributed by atoms with E-state index in [9.17, 15) is 4.79 Å². The van der Waals surface area contributed by atoms with Gasteiger partial charge in [0.25, 0.3) is 5.91 Å². The van der Waals surface area contributed by atoms with Crippen LogP contribution in [-0.4, -0.2) is 32.1 Å². The third-order valence-electron chi connectivity index (χ3n) is 4.76. The molecule has 0 aliphatic heterocycles. The van der Waals surface area contributed by atoms with Crippen molar-refractivity contribution in [1.82, 2.24) is 20.2 Å². The summed E-state index contributed by atoms with van der Waals surface area (Å²) in [6.45, 7) is 1.81. The van der Waals surface area contributed by atoms with Crippen LogP contribution < -0.4 is 5.43 Å². The predicted molar refractivity (Wildman–Crippen MR) is 139 cm³/mol. The zero-order valence-electron chi connectivity index (χ0n) is 17.9. The van der Waals surface area contributed by atoms with Crippen LogP contribution in [0.15, 0.2) is 83.1 Å². The smallest absolute Gasteiger partial charge is 0.250 e. The van der Waals surface area contributed by atoms with E-state index in [2.05, 4.69) is 20.7 Å². The van der Waals surface area contributed by atoms with E-state index in [1.165, 1.54) is 11.8 Å². The van der Waals surface area contributed by atoms with E-state index < -0.39 is 0 Å². The molecule has 0 unspecified atom stereocenters. The summed E-state index contributed by atoms with van der Waals surface area (Å²) in [6, 6.07) is 21.9. The molecule has 1 amide bonds. The quantitative estimate of drug-likeness (QED) is 0.168. The largest absolute Gasteiger partial charge is 0.272 e. The average Bonchev–Trinajstić information content (AvgIpc) is 3.26. The van der Waals surface area contributed by atoms with E-state index in [0.29, 0.717) is 31.8 Å². The molecule has 0 aliphatic carbocycles. The molecule has 1 aromatic heterocycles. The van der Waals surface area contributed by atoms with Crippen LogP contribution >= 0.6 is 46.6 Å². The Morgan fingerprint density at radius 3 is 2.06 bits per heavy atom. The number of hydrazone groups is 1. The average molecular weight is 531 g/mol. The van der Waals surface area contributed by atoms with Gasteiger partial charge in [0.05, 0.1) is 11.5 Å². The fourth-order valence-corrected chi connectivity index (χ4v) is 4.16. The SMILES string of the molecule is C/C(=N\NC(=O)CSc1nnc(-c2ccc(Cl)cc2)n1-c1ccc(Cl)cc1)c1ccc(Cl)cc1. The summed E-state index contributed by atoms with van der Waals surface area (Å²) in [4.78, 5) is 12.5. The lowest BCUT2D eigenvalue weighted by Crippen LogP contribution is -2.21. The Hall–Kier alpha value is -2.84. The molecule has 0 spiro atoms. The molecule has 6 nitrogen and oxygen atoms in total. The fraction of sp³-hybridized carbons (Fsp3) is 0.0833. The molecule has 0 saturated heterocycles. The fourth-order valence-electron chi connectivity index (χ4n) is 3.04. The number of amides is 1. The van der Waals surface area contributed by atoms with Crippen LogP contribution in [0.25, 0.3) is 17.1 Å². The zero-order valence-corrected chi connectivity index (χ0v) is 21.0. The number of rotatable bonds is 7. The summed E-state index contributed by atoms with van der Waals surface area (Å²) in [5.41, 5.74) is 5.78. The second-order valence-corrected chi connectivity index (χ2v) is 9.40. The van der Waals surface area contributed by atoms with E-state index in [-0.39, 0.29) is 11.7 Å². The maximum absolute atomic E-state index is 12.5. The maximum Gasteiger partial charge on any atom is 0.250 e. The molecule has 4 aromatic rings. The van der Waals surface area contributed by atoms with Gasteiger partial charge in [-0.3, -0.25) is 9.36 Å². The van der Waals surface area contributed by atoms with Gasteiger partial charge in [0.15, 0.2) is 11.0 Å². The molecule has 0 atom stereocenters. The second kappa shape index (κ2) is 11.1. The highest BCUT2D eigenvalue weighted by Gasteiger charge is 2.17. The summed E-state index contributed by atoms with van der Waals surface area (Å²) in [7, 11) is 0. The molecule has 4 rings (SSSR count). The van der Waals surface area contributed by atoms with Gasteiger partial charge in [0, 0.05) is 26.3 Å². The van der Waals surface area contributed by atoms with Crippen LogP contribution in [0.5, 0.6) is 0 Å². The van der Waals surface area contributed by atoms with Crippen LogP contribution in [-0.2, 0) is 4.79 Å². The van der Waals surface area contributed by atoms with Crippen LogP contribution in [0.3, 0.4) is 0 Å². The Balaban J connectivity index is 1.52. The molecule has 3 aromatic carbocycles. The van der Waals surface area contributed by atoms with Crippen molar-refractivity contribution in [3.63, 3.8) is 0 Å². The topological polar surface area (TPSA) is 72.2 Å². The lowest BCUT2D eigenvalue weighted by Gasteiger charge is -2.10. The Bertz CT molecular complexity index is 1320. The minimum Gasteiger partial charge on any atom is -0.272 e. The summed E-state index contributed by atoms with van der Waals surface area (Å²) in [5, 5.41) is 15.3. The molecular weight excluding hydrogens is 513 g/mol. The molecular formula is C24H18Cl3N5OS. The van der Waals surface area contributed by atoms with Crippen LogP contribution in [0, 0.1) is 0 Å². The number of hydrogen-bond acceptors (Lipinski definition) is 5.